The lowest BCUT2D eigenvalue weighted by molar-refractivity contribution is 0.492. The van der Waals surface area contributed by atoms with Crippen LogP contribution in [0.15, 0.2) is 52.0 Å². The maximum absolute atomic E-state index is 12.4. The van der Waals surface area contributed by atoms with Crippen molar-refractivity contribution >= 4 is 21.4 Å². The second kappa shape index (κ2) is 5.14. The van der Waals surface area contributed by atoms with Crippen molar-refractivity contribution in [3.8, 4) is 0 Å². The number of rotatable bonds is 4. The van der Waals surface area contributed by atoms with Crippen LogP contribution in [-0.4, -0.2) is 15.0 Å². The smallest absolute Gasteiger partial charge is 0.189 e. The van der Waals surface area contributed by atoms with E-state index in [9.17, 15) is 8.42 Å². The first-order valence-corrected chi connectivity index (χ1v) is 7.21. The molecule has 0 aliphatic rings. The van der Waals surface area contributed by atoms with Crippen molar-refractivity contribution < 1.29 is 12.8 Å². The molecule has 0 radical (unpaired) electrons. The van der Waals surface area contributed by atoms with Crippen molar-refractivity contribution in [1.82, 2.24) is 0 Å². The summed E-state index contributed by atoms with van der Waals surface area (Å²) in [6.07, 6.45) is 1.43. The largest absolute Gasteiger partial charge is 0.468 e. The highest BCUT2D eigenvalue weighted by atomic mass is 35.5. The van der Waals surface area contributed by atoms with Gasteiger partial charge in [0.25, 0.3) is 0 Å². The Kier molecular flexibility index (Phi) is 3.75. The van der Waals surface area contributed by atoms with Crippen molar-refractivity contribution in [3.63, 3.8) is 0 Å². The summed E-state index contributed by atoms with van der Waals surface area (Å²) < 4.78 is 29.9. The van der Waals surface area contributed by atoms with E-state index < -0.39 is 15.1 Å². The standard InChI is InChI=1S/C12H12ClNO3S/c13-9-3-5-10(6-4-9)18(15,16)12(8-14)11-2-1-7-17-11/h1-7,12H,8,14H2/t12-/m1/s1. The van der Waals surface area contributed by atoms with E-state index in [1.165, 1.54) is 30.5 Å². The van der Waals surface area contributed by atoms with Gasteiger partial charge in [-0.05, 0) is 36.4 Å². The Labute approximate surface area is 110 Å². The summed E-state index contributed by atoms with van der Waals surface area (Å²) in [5.74, 6) is 0.340. The Bertz CT molecular complexity index is 605. The topological polar surface area (TPSA) is 73.3 Å². The van der Waals surface area contributed by atoms with Crippen LogP contribution in [0.2, 0.25) is 5.02 Å². The van der Waals surface area contributed by atoms with E-state index in [0.717, 1.165) is 0 Å². The molecule has 1 atom stereocenters. The number of hydrogen-bond donors (Lipinski definition) is 1. The highest BCUT2D eigenvalue weighted by Gasteiger charge is 2.29. The maximum atomic E-state index is 12.4. The van der Waals surface area contributed by atoms with Crippen LogP contribution in [0.4, 0.5) is 0 Å². The summed E-state index contributed by atoms with van der Waals surface area (Å²) in [4.78, 5) is 0.179. The third-order valence-corrected chi connectivity index (χ3v) is 4.95. The molecule has 96 valence electrons. The lowest BCUT2D eigenvalue weighted by Gasteiger charge is -2.13. The van der Waals surface area contributed by atoms with Gasteiger partial charge in [0.15, 0.2) is 9.84 Å². The molecule has 1 aromatic heterocycles. The minimum Gasteiger partial charge on any atom is -0.468 e. The lowest BCUT2D eigenvalue weighted by atomic mass is 10.3. The fourth-order valence-electron chi connectivity index (χ4n) is 1.66. The molecule has 18 heavy (non-hydrogen) atoms. The third kappa shape index (κ3) is 2.43. The molecule has 2 aromatic rings. The Morgan fingerprint density at radius 3 is 2.39 bits per heavy atom. The van der Waals surface area contributed by atoms with Crippen LogP contribution in [0.25, 0.3) is 0 Å². The number of benzene rings is 1. The monoisotopic (exact) mass is 285 g/mol. The van der Waals surface area contributed by atoms with Crippen LogP contribution in [-0.2, 0) is 9.84 Å². The summed E-state index contributed by atoms with van der Waals surface area (Å²) in [7, 11) is -3.57. The highest BCUT2D eigenvalue weighted by Crippen LogP contribution is 2.28. The number of nitrogens with two attached hydrogens (primary N) is 1. The van der Waals surface area contributed by atoms with E-state index in [0.29, 0.717) is 10.8 Å². The Hall–Kier alpha value is -1.30. The first-order valence-electron chi connectivity index (χ1n) is 5.28. The molecule has 0 spiro atoms. The SMILES string of the molecule is NC[C@H](c1ccco1)S(=O)(=O)c1ccc(Cl)cc1. The normalized spacial score (nSPS) is 13.4. The van der Waals surface area contributed by atoms with Crippen LogP contribution in [0.5, 0.6) is 0 Å². The molecule has 0 aliphatic heterocycles. The van der Waals surface area contributed by atoms with Crippen molar-refractivity contribution in [1.29, 1.82) is 0 Å². The first kappa shape index (κ1) is 13.1. The zero-order chi connectivity index (χ0) is 13.2. The van der Waals surface area contributed by atoms with Gasteiger partial charge in [0.1, 0.15) is 11.0 Å². The van der Waals surface area contributed by atoms with E-state index in [-0.39, 0.29) is 11.4 Å². The molecule has 0 aliphatic carbocycles. The molecule has 0 fully saturated rings. The molecule has 1 heterocycles. The van der Waals surface area contributed by atoms with Gasteiger partial charge in [-0.25, -0.2) is 8.42 Å². The fraction of sp³-hybridized carbons (Fsp3) is 0.167. The van der Waals surface area contributed by atoms with E-state index >= 15 is 0 Å². The first-order chi connectivity index (χ1) is 8.55. The van der Waals surface area contributed by atoms with Gasteiger partial charge in [-0.1, -0.05) is 11.6 Å². The second-order valence-corrected chi connectivity index (χ2v) is 6.31. The van der Waals surface area contributed by atoms with Crippen LogP contribution in [0.1, 0.15) is 11.0 Å². The number of sulfone groups is 1. The van der Waals surface area contributed by atoms with Crippen LogP contribution in [0, 0.1) is 0 Å². The lowest BCUT2D eigenvalue weighted by Crippen LogP contribution is -2.21. The molecule has 0 saturated heterocycles. The van der Waals surface area contributed by atoms with E-state index in [2.05, 4.69) is 0 Å². The van der Waals surface area contributed by atoms with Gasteiger partial charge in [0, 0.05) is 11.6 Å². The third-order valence-electron chi connectivity index (χ3n) is 2.59. The van der Waals surface area contributed by atoms with Crippen molar-refractivity contribution in [2.45, 2.75) is 10.1 Å². The molecule has 0 unspecified atom stereocenters. The van der Waals surface area contributed by atoms with Gasteiger partial charge in [-0.15, -0.1) is 0 Å². The molecule has 6 heteroatoms. The van der Waals surface area contributed by atoms with Crippen molar-refractivity contribution in [3.05, 3.63) is 53.4 Å². The Morgan fingerprint density at radius 2 is 1.89 bits per heavy atom. The van der Waals surface area contributed by atoms with Gasteiger partial charge in [-0.2, -0.15) is 0 Å². The summed E-state index contributed by atoms with van der Waals surface area (Å²) in [5.41, 5.74) is 5.55. The van der Waals surface area contributed by atoms with Crippen LogP contribution < -0.4 is 5.73 Å². The van der Waals surface area contributed by atoms with Crippen LogP contribution in [0.3, 0.4) is 0 Å². The molecular weight excluding hydrogens is 274 g/mol. The Balaban J connectivity index is 2.44. The van der Waals surface area contributed by atoms with Crippen LogP contribution >= 0.6 is 11.6 Å². The predicted octanol–water partition coefficient (Wildman–Crippen LogP) is 2.41. The highest BCUT2D eigenvalue weighted by molar-refractivity contribution is 7.91. The zero-order valence-electron chi connectivity index (χ0n) is 9.41. The molecule has 2 rings (SSSR count). The molecule has 0 amide bonds. The van der Waals surface area contributed by atoms with Gasteiger partial charge >= 0.3 is 0 Å². The number of furan rings is 1. The molecule has 1 aromatic carbocycles. The number of halogens is 1. The second-order valence-electron chi connectivity index (χ2n) is 3.74. The molecular formula is C12H12ClNO3S. The fourth-order valence-corrected chi connectivity index (χ4v) is 3.32. The summed E-state index contributed by atoms with van der Waals surface area (Å²) in [5, 5.41) is -0.398. The number of hydrogen-bond acceptors (Lipinski definition) is 4. The van der Waals surface area contributed by atoms with Gasteiger partial charge < -0.3 is 10.2 Å². The minimum atomic E-state index is -3.57. The van der Waals surface area contributed by atoms with Crippen molar-refractivity contribution in [2.75, 3.05) is 6.54 Å². The average Bonchev–Trinajstić information content (AvgIpc) is 2.84. The molecule has 4 nitrogen and oxygen atoms in total. The minimum absolute atomic E-state index is 0.0432. The molecule has 2 N–H and O–H groups in total. The molecule has 0 bridgehead atoms. The van der Waals surface area contributed by atoms with Gasteiger partial charge in [0.05, 0.1) is 11.2 Å². The Morgan fingerprint density at radius 1 is 1.22 bits per heavy atom. The molecule has 0 saturated carbocycles. The maximum Gasteiger partial charge on any atom is 0.189 e. The summed E-state index contributed by atoms with van der Waals surface area (Å²) in [6, 6.07) is 9.22. The van der Waals surface area contributed by atoms with E-state index in [4.69, 9.17) is 21.8 Å². The van der Waals surface area contributed by atoms with E-state index in [1.807, 2.05) is 0 Å². The summed E-state index contributed by atoms with van der Waals surface area (Å²) in [6.45, 7) is -0.0432. The predicted molar refractivity (Wildman–Crippen MR) is 69.1 cm³/mol. The van der Waals surface area contributed by atoms with E-state index in [1.54, 1.807) is 12.1 Å². The van der Waals surface area contributed by atoms with Gasteiger partial charge in [-0.3, -0.25) is 0 Å². The zero-order valence-corrected chi connectivity index (χ0v) is 11.0. The van der Waals surface area contributed by atoms with Gasteiger partial charge in [0.2, 0.25) is 0 Å². The summed E-state index contributed by atoms with van der Waals surface area (Å²) >= 11 is 5.74. The quantitative estimate of drug-likeness (QED) is 0.936. The van der Waals surface area contributed by atoms with Crippen molar-refractivity contribution in [2.24, 2.45) is 5.73 Å². The average molecular weight is 286 g/mol.